The number of aliphatic hydroxyl groups is 1. The van der Waals surface area contributed by atoms with Gasteiger partial charge in [0.2, 0.25) is 0 Å². The molecule has 0 aliphatic heterocycles. The maximum absolute atomic E-state index is 9.77. The quantitative estimate of drug-likeness (QED) is 0.735. The van der Waals surface area contributed by atoms with Crippen molar-refractivity contribution in [2.75, 3.05) is 13.7 Å². The molecule has 0 aromatic heterocycles. The van der Waals surface area contributed by atoms with Crippen molar-refractivity contribution in [3.63, 3.8) is 0 Å². The second kappa shape index (κ2) is 8.49. The minimum atomic E-state index is -0.180. The first-order chi connectivity index (χ1) is 10.8. The highest BCUT2D eigenvalue weighted by molar-refractivity contribution is 5.24. The van der Waals surface area contributed by atoms with E-state index in [0.717, 1.165) is 11.1 Å². The molecule has 22 heavy (non-hydrogen) atoms. The molecule has 0 fully saturated rings. The van der Waals surface area contributed by atoms with Gasteiger partial charge in [-0.05, 0) is 11.1 Å². The molecular weight excluding hydrogens is 274 g/mol. The zero-order valence-corrected chi connectivity index (χ0v) is 12.9. The second-order valence-corrected chi connectivity index (χ2v) is 5.14. The van der Waals surface area contributed by atoms with E-state index in [-0.39, 0.29) is 24.8 Å². The van der Waals surface area contributed by atoms with Gasteiger partial charge in [-0.3, -0.25) is 5.32 Å². The third-order valence-electron chi connectivity index (χ3n) is 3.76. The Hall–Kier alpha value is -1.94. The lowest BCUT2D eigenvalue weighted by Crippen LogP contribution is -2.36. The SMILES string of the molecule is C=C[C@@H](OC)[C@H](N[C@H](CO)c1ccccc1)c1ccccc1. The fourth-order valence-electron chi connectivity index (χ4n) is 2.57. The lowest BCUT2D eigenvalue weighted by atomic mass is 9.98. The third-order valence-corrected chi connectivity index (χ3v) is 3.76. The van der Waals surface area contributed by atoms with E-state index in [4.69, 9.17) is 4.74 Å². The third kappa shape index (κ3) is 4.04. The molecule has 2 rings (SSSR count). The molecule has 0 bridgehead atoms. The Kier molecular flexibility index (Phi) is 6.34. The van der Waals surface area contributed by atoms with Gasteiger partial charge in [0.25, 0.3) is 0 Å². The highest BCUT2D eigenvalue weighted by atomic mass is 16.5. The van der Waals surface area contributed by atoms with Crippen LogP contribution < -0.4 is 5.32 Å². The molecule has 0 saturated carbocycles. The summed E-state index contributed by atoms with van der Waals surface area (Å²) in [6.07, 6.45) is 1.60. The number of nitrogens with one attached hydrogen (secondary N) is 1. The van der Waals surface area contributed by atoms with Crippen molar-refractivity contribution in [2.45, 2.75) is 18.2 Å². The lowest BCUT2D eigenvalue weighted by Gasteiger charge is -2.29. The minimum absolute atomic E-state index is 0.0148. The molecule has 0 heterocycles. The summed E-state index contributed by atoms with van der Waals surface area (Å²) in [5.41, 5.74) is 2.15. The normalized spacial score (nSPS) is 15.0. The number of hydrogen-bond donors (Lipinski definition) is 2. The van der Waals surface area contributed by atoms with Gasteiger partial charge in [-0.2, -0.15) is 0 Å². The van der Waals surface area contributed by atoms with Gasteiger partial charge in [-0.15, -0.1) is 6.58 Å². The summed E-state index contributed by atoms with van der Waals surface area (Å²) in [6.45, 7) is 3.87. The van der Waals surface area contributed by atoms with Crippen LogP contribution in [0.15, 0.2) is 73.3 Å². The largest absolute Gasteiger partial charge is 0.394 e. The van der Waals surface area contributed by atoms with Crippen molar-refractivity contribution in [1.82, 2.24) is 5.32 Å². The zero-order valence-electron chi connectivity index (χ0n) is 12.9. The van der Waals surface area contributed by atoms with Gasteiger partial charge in [0.1, 0.15) is 0 Å². The summed E-state index contributed by atoms with van der Waals surface area (Å²) in [7, 11) is 1.67. The Morgan fingerprint density at radius 2 is 1.59 bits per heavy atom. The number of methoxy groups -OCH3 is 1. The van der Waals surface area contributed by atoms with Crippen LogP contribution in [-0.4, -0.2) is 24.9 Å². The van der Waals surface area contributed by atoms with Crippen LogP contribution >= 0.6 is 0 Å². The fraction of sp³-hybridized carbons (Fsp3) is 0.263. The summed E-state index contributed by atoms with van der Waals surface area (Å²) in [5.74, 6) is 0. The van der Waals surface area contributed by atoms with E-state index in [1.807, 2.05) is 60.7 Å². The van der Waals surface area contributed by atoms with E-state index in [1.165, 1.54) is 0 Å². The molecule has 3 heteroatoms. The summed E-state index contributed by atoms with van der Waals surface area (Å²) >= 11 is 0. The second-order valence-electron chi connectivity index (χ2n) is 5.14. The lowest BCUT2D eigenvalue weighted by molar-refractivity contribution is 0.0943. The van der Waals surface area contributed by atoms with Crippen LogP contribution in [0.4, 0.5) is 0 Å². The van der Waals surface area contributed by atoms with E-state index in [2.05, 4.69) is 11.9 Å². The van der Waals surface area contributed by atoms with Gasteiger partial charge in [0, 0.05) is 7.11 Å². The maximum atomic E-state index is 9.77. The van der Waals surface area contributed by atoms with E-state index in [0.29, 0.717) is 0 Å². The summed E-state index contributed by atoms with van der Waals surface area (Å²) < 4.78 is 5.54. The van der Waals surface area contributed by atoms with Crippen LogP contribution in [0.1, 0.15) is 23.2 Å². The van der Waals surface area contributed by atoms with Gasteiger partial charge in [0.15, 0.2) is 0 Å². The molecule has 2 aromatic carbocycles. The monoisotopic (exact) mass is 297 g/mol. The predicted octanol–water partition coefficient (Wildman–Crippen LogP) is 3.25. The predicted molar refractivity (Wildman–Crippen MR) is 89.6 cm³/mol. The van der Waals surface area contributed by atoms with E-state index in [9.17, 15) is 5.11 Å². The molecule has 0 aliphatic rings. The standard InChI is InChI=1S/C19H23NO2/c1-3-18(22-2)19(16-12-8-5-9-13-16)20-17(14-21)15-10-6-4-7-11-15/h3-13,17-21H,1,14H2,2H3/t17-,18-,19-/m1/s1. The smallest absolute Gasteiger partial charge is 0.0944 e. The number of benzene rings is 2. The van der Waals surface area contributed by atoms with E-state index in [1.54, 1.807) is 13.2 Å². The highest BCUT2D eigenvalue weighted by Gasteiger charge is 2.24. The number of aliphatic hydroxyl groups excluding tert-OH is 1. The first-order valence-electron chi connectivity index (χ1n) is 7.42. The van der Waals surface area contributed by atoms with E-state index < -0.39 is 0 Å². The van der Waals surface area contributed by atoms with Gasteiger partial charge < -0.3 is 9.84 Å². The van der Waals surface area contributed by atoms with Crippen molar-refractivity contribution in [2.24, 2.45) is 0 Å². The zero-order chi connectivity index (χ0) is 15.8. The molecule has 0 radical (unpaired) electrons. The van der Waals surface area contributed by atoms with Crippen LogP contribution in [-0.2, 0) is 4.74 Å². The molecule has 0 spiro atoms. The number of hydrogen-bond acceptors (Lipinski definition) is 3. The van der Waals surface area contributed by atoms with Gasteiger partial charge in [-0.25, -0.2) is 0 Å². The Labute approximate surface area is 132 Å². The Morgan fingerprint density at radius 3 is 2.05 bits per heavy atom. The molecule has 0 aliphatic carbocycles. The summed E-state index contributed by atoms with van der Waals surface area (Å²) in [4.78, 5) is 0. The molecule has 3 atom stereocenters. The first-order valence-corrected chi connectivity index (χ1v) is 7.42. The molecule has 2 N–H and O–H groups in total. The van der Waals surface area contributed by atoms with Gasteiger partial charge in [0.05, 0.1) is 24.8 Å². The Bertz CT molecular complexity index is 556. The van der Waals surface area contributed by atoms with Crippen LogP contribution in [0.25, 0.3) is 0 Å². The summed E-state index contributed by atoms with van der Waals surface area (Å²) in [5, 5.41) is 13.3. The Balaban J connectivity index is 2.27. The number of ether oxygens (including phenoxy) is 1. The highest BCUT2D eigenvalue weighted by Crippen LogP contribution is 2.24. The molecule has 0 saturated heterocycles. The first kappa shape index (κ1) is 16.4. The molecule has 2 aromatic rings. The molecule has 0 amide bonds. The Morgan fingerprint density at radius 1 is 1.05 bits per heavy atom. The van der Waals surface area contributed by atoms with Crippen molar-refractivity contribution in [3.8, 4) is 0 Å². The van der Waals surface area contributed by atoms with Crippen molar-refractivity contribution >= 4 is 0 Å². The summed E-state index contributed by atoms with van der Waals surface area (Å²) in [6, 6.07) is 19.7. The van der Waals surface area contributed by atoms with Crippen LogP contribution in [0, 0.1) is 0 Å². The average Bonchev–Trinajstić information content (AvgIpc) is 2.60. The number of rotatable bonds is 8. The minimum Gasteiger partial charge on any atom is -0.394 e. The van der Waals surface area contributed by atoms with Crippen molar-refractivity contribution < 1.29 is 9.84 Å². The topological polar surface area (TPSA) is 41.5 Å². The molecule has 0 unspecified atom stereocenters. The molecule has 3 nitrogen and oxygen atoms in total. The van der Waals surface area contributed by atoms with Crippen LogP contribution in [0.5, 0.6) is 0 Å². The van der Waals surface area contributed by atoms with Gasteiger partial charge >= 0.3 is 0 Å². The fourth-order valence-corrected chi connectivity index (χ4v) is 2.57. The molecular formula is C19H23NO2. The van der Waals surface area contributed by atoms with Gasteiger partial charge in [-0.1, -0.05) is 66.7 Å². The van der Waals surface area contributed by atoms with Crippen molar-refractivity contribution in [3.05, 3.63) is 84.4 Å². The maximum Gasteiger partial charge on any atom is 0.0944 e. The van der Waals surface area contributed by atoms with Crippen LogP contribution in [0.3, 0.4) is 0 Å². The average molecular weight is 297 g/mol. The van der Waals surface area contributed by atoms with E-state index >= 15 is 0 Å². The van der Waals surface area contributed by atoms with Crippen LogP contribution in [0.2, 0.25) is 0 Å². The van der Waals surface area contributed by atoms with Crippen molar-refractivity contribution in [1.29, 1.82) is 0 Å². The molecule has 116 valence electrons.